The van der Waals surface area contributed by atoms with Crippen molar-refractivity contribution in [3.05, 3.63) is 72.2 Å². The molecule has 0 radical (unpaired) electrons. The first kappa shape index (κ1) is 22.0. The molecule has 11 heteroatoms. The number of benzene rings is 2. The predicted molar refractivity (Wildman–Crippen MR) is 129 cm³/mol. The minimum atomic E-state index is -2.95. The zero-order valence-corrected chi connectivity index (χ0v) is 19.9. The zero-order valence-electron chi connectivity index (χ0n) is 19.9. The van der Waals surface area contributed by atoms with Gasteiger partial charge < -0.3 is 14.4 Å². The number of hydrogen-bond donors (Lipinski definition) is 1. The van der Waals surface area contributed by atoms with E-state index in [2.05, 4.69) is 24.8 Å². The smallest absolute Gasteiger partial charge is 0.387 e. The van der Waals surface area contributed by atoms with E-state index < -0.39 is 12.2 Å². The minimum Gasteiger partial charge on any atom is -0.434 e. The molecule has 3 aromatic heterocycles. The Morgan fingerprint density at radius 1 is 1.05 bits per heavy atom. The van der Waals surface area contributed by atoms with E-state index in [1.54, 1.807) is 44.6 Å². The molecule has 37 heavy (non-hydrogen) atoms. The van der Waals surface area contributed by atoms with E-state index in [-0.39, 0.29) is 17.8 Å². The maximum atomic E-state index is 13.4. The van der Waals surface area contributed by atoms with Crippen LogP contribution in [0.4, 0.5) is 8.78 Å². The number of nitrogens with zero attached hydrogens (tertiary/aromatic N) is 7. The maximum Gasteiger partial charge on any atom is 0.387 e. The maximum absolute atomic E-state index is 13.4. The van der Waals surface area contributed by atoms with E-state index in [0.29, 0.717) is 17.8 Å². The van der Waals surface area contributed by atoms with Gasteiger partial charge in [0.25, 0.3) is 0 Å². The second kappa shape index (κ2) is 7.62. The lowest BCUT2D eigenvalue weighted by atomic mass is 9.96. The number of hydrogen-bond acceptors (Lipinski definition) is 7. The monoisotopic (exact) mass is 501 g/mol. The largest absolute Gasteiger partial charge is 0.434 e. The summed E-state index contributed by atoms with van der Waals surface area (Å²) in [7, 11) is 0. The molecular weight excluding hydrogens is 480 g/mol. The van der Waals surface area contributed by atoms with Crippen LogP contribution in [0.15, 0.2) is 55.0 Å². The third-order valence-corrected chi connectivity index (χ3v) is 7.07. The number of rotatable bonds is 4. The Labute approximate surface area is 209 Å². The Kier molecular flexibility index (Phi) is 4.53. The fraction of sp³-hybridized carbons (Fsp3) is 0.269. The number of halogens is 2. The van der Waals surface area contributed by atoms with E-state index in [9.17, 15) is 13.9 Å². The Morgan fingerprint density at radius 3 is 2.62 bits per heavy atom. The summed E-state index contributed by atoms with van der Waals surface area (Å²) in [6.07, 6.45) is 5.59. The van der Waals surface area contributed by atoms with Crippen molar-refractivity contribution >= 4 is 11.0 Å². The quantitative estimate of drug-likeness (QED) is 0.387. The van der Waals surface area contributed by atoms with Crippen LogP contribution in [0.3, 0.4) is 0 Å². The summed E-state index contributed by atoms with van der Waals surface area (Å²) in [4.78, 5) is 13.6. The van der Waals surface area contributed by atoms with Crippen molar-refractivity contribution in [2.24, 2.45) is 0 Å². The summed E-state index contributed by atoms with van der Waals surface area (Å²) in [5, 5.41) is 18.6. The SMILES string of the molecule is CC(C)(O)c1ncc(-c2ccc3nc4n(c3c2)[C@H]2C[C@H]4n3nncc3-c3cccc(OC(F)F)c32)cn1. The number of imidazole rings is 1. The lowest BCUT2D eigenvalue weighted by Gasteiger charge is -2.21. The topological polar surface area (TPSA) is 104 Å². The molecule has 2 atom stereocenters. The highest BCUT2D eigenvalue weighted by Crippen LogP contribution is 2.52. The van der Waals surface area contributed by atoms with E-state index >= 15 is 0 Å². The normalized spacial score (nSPS) is 18.0. The Bertz CT molecular complexity index is 1670. The lowest BCUT2D eigenvalue weighted by molar-refractivity contribution is -0.0506. The molecule has 2 aliphatic rings. The number of aliphatic hydroxyl groups is 1. The van der Waals surface area contributed by atoms with Crippen molar-refractivity contribution in [3.63, 3.8) is 0 Å². The molecule has 2 aromatic carbocycles. The van der Waals surface area contributed by atoms with Crippen LogP contribution in [0.25, 0.3) is 33.4 Å². The molecule has 0 unspecified atom stereocenters. The fourth-order valence-corrected chi connectivity index (χ4v) is 5.50. The first-order chi connectivity index (χ1) is 17.8. The summed E-state index contributed by atoms with van der Waals surface area (Å²) < 4.78 is 35.7. The second-order valence-corrected chi connectivity index (χ2v) is 9.82. The highest BCUT2D eigenvalue weighted by Gasteiger charge is 2.43. The minimum absolute atomic E-state index is 0.132. The van der Waals surface area contributed by atoms with Crippen molar-refractivity contribution in [3.8, 4) is 28.1 Å². The average Bonchev–Trinajstić information content (AvgIpc) is 3.55. The van der Waals surface area contributed by atoms with Gasteiger partial charge in [0.15, 0.2) is 5.82 Å². The van der Waals surface area contributed by atoms with Gasteiger partial charge in [-0.25, -0.2) is 19.6 Å². The van der Waals surface area contributed by atoms with E-state index in [0.717, 1.165) is 39.2 Å². The van der Waals surface area contributed by atoms with Crippen LogP contribution in [0.1, 0.15) is 49.6 Å². The molecule has 0 saturated heterocycles. The van der Waals surface area contributed by atoms with Crippen molar-refractivity contribution in [2.75, 3.05) is 0 Å². The van der Waals surface area contributed by atoms with Gasteiger partial charge in [-0.3, -0.25) is 0 Å². The molecule has 186 valence electrons. The van der Waals surface area contributed by atoms with Crippen LogP contribution in [0.5, 0.6) is 5.75 Å². The van der Waals surface area contributed by atoms with Crippen LogP contribution < -0.4 is 4.74 Å². The van der Waals surface area contributed by atoms with Crippen molar-refractivity contribution in [1.29, 1.82) is 0 Å². The molecule has 0 aliphatic carbocycles. The number of aromatic nitrogens is 7. The third-order valence-electron chi connectivity index (χ3n) is 7.07. The first-order valence-corrected chi connectivity index (χ1v) is 11.8. The summed E-state index contributed by atoms with van der Waals surface area (Å²) in [6.45, 7) is 0.316. The van der Waals surface area contributed by atoms with Gasteiger partial charge in [-0.1, -0.05) is 23.4 Å². The van der Waals surface area contributed by atoms with Crippen LogP contribution in [0.2, 0.25) is 0 Å². The van der Waals surface area contributed by atoms with Crippen LogP contribution in [-0.4, -0.2) is 46.2 Å². The zero-order chi connectivity index (χ0) is 25.5. The molecule has 7 rings (SSSR count). The fourth-order valence-electron chi connectivity index (χ4n) is 5.50. The van der Waals surface area contributed by atoms with Gasteiger partial charge in [-0.05, 0) is 37.6 Å². The highest BCUT2D eigenvalue weighted by molar-refractivity contribution is 5.84. The highest BCUT2D eigenvalue weighted by atomic mass is 19.3. The molecule has 5 aromatic rings. The number of alkyl halides is 2. The molecule has 5 heterocycles. The van der Waals surface area contributed by atoms with Crippen molar-refractivity contribution < 1.29 is 18.6 Å². The molecular formula is C26H21F2N7O2. The predicted octanol–water partition coefficient (Wildman–Crippen LogP) is 4.48. The van der Waals surface area contributed by atoms with E-state index in [1.807, 2.05) is 28.9 Å². The molecule has 0 spiro atoms. The average molecular weight is 501 g/mol. The van der Waals surface area contributed by atoms with Crippen LogP contribution in [0, 0.1) is 0 Å². The molecule has 2 aliphatic heterocycles. The number of fused-ring (bicyclic) bond motifs is 6. The van der Waals surface area contributed by atoms with E-state index in [1.165, 1.54) is 0 Å². The molecule has 0 fully saturated rings. The third kappa shape index (κ3) is 3.27. The van der Waals surface area contributed by atoms with Gasteiger partial charge in [0.05, 0.1) is 29.0 Å². The molecule has 0 saturated carbocycles. The second-order valence-electron chi connectivity index (χ2n) is 9.82. The number of ether oxygens (including phenoxy) is 1. The van der Waals surface area contributed by atoms with Crippen molar-refractivity contribution in [1.82, 2.24) is 34.5 Å². The first-order valence-electron chi connectivity index (χ1n) is 11.8. The van der Waals surface area contributed by atoms with Gasteiger partial charge in [0, 0.05) is 35.5 Å². The van der Waals surface area contributed by atoms with E-state index in [4.69, 9.17) is 9.72 Å². The standard InChI is InChI=1S/C26H21F2N7O2/c1-26(2,36)24-29-10-14(11-30-24)13-6-7-16-17(8-13)34-18-9-19(23(34)32-16)35-20(12-31-33-35)15-4-3-5-21(22(15)18)37-25(27)28/h3-8,10-12,18-19,25,36H,9H2,1-2H3/t18-,19+/m0/s1. The van der Waals surface area contributed by atoms with Crippen molar-refractivity contribution in [2.45, 2.75) is 44.6 Å². The van der Waals surface area contributed by atoms with Gasteiger partial charge in [0.1, 0.15) is 23.2 Å². The van der Waals surface area contributed by atoms with Gasteiger partial charge >= 0.3 is 6.61 Å². The lowest BCUT2D eigenvalue weighted by Crippen LogP contribution is -2.19. The summed E-state index contributed by atoms with van der Waals surface area (Å²) in [5.74, 6) is 1.25. The summed E-state index contributed by atoms with van der Waals surface area (Å²) in [6, 6.07) is 10.5. The Balaban J connectivity index is 1.43. The Hall–Kier alpha value is -4.25. The van der Waals surface area contributed by atoms with Crippen LogP contribution >= 0.6 is 0 Å². The van der Waals surface area contributed by atoms with Gasteiger partial charge in [0.2, 0.25) is 0 Å². The summed E-state index contributed by atoms with van der Waals surface area (Å²) >= 11 is 0. The molecule has 2 bridgehead atoms. The van der Waals surface area contributed by atoms with Gasteiger partial charge in [-0.15, -0.1) is 5.10 Å². The van der Waals surface area contributed by atoms with Gasteiger partial charge in [-0.2, -0.15) is 8.78 Å². The Morgan fingerprint density at radius 2 is 1.86 bits per heavy atom. The molecule has 9 nitrogen and oxygen atoms in total. The summed E-state index contributed by atoms with van der Waals surface area (Å²) in [5.41, 5.74) is 4.30. The molecule has 0 amide bonds. The molecule has 1 N–H and O–H groups in total. The van der Waals surface area contributed by atoms with Crippen LogP contribution in [-0.2, 0) is 5.60 Å².